The Kier molecular flexibility index (Phi) is 3.88. The van der Waals surface area contributed by atoms with E-state index in [2.05, 4.69) is 0 Å². The highest BCUT2D eigenvalue weighted by molar-refractivity contribution is 5.01. The van der Waals surface area contributed by atoms with Crippen molar-refractivity contribution in [1.29, 1.82) is 0 Å². The third-order valence-corrected chi connectivity index (χ3v) is 4.76. The molecule has 94 valence electrons. The van der Waals surface area contributed by atoms with Crippen LogP contribution in [0.2, 0.25) is 0 Å². The van der Waals surface area contributed by atoms with Crippen molar-refractivity contribution in [2.45, 2.75) is 57.0 Å². The third-order valence-electron chi connectivity index (χ3n) is 4.76. The second kappa shape index (κ2) is 5.03. The molecular formula is C13H25NO2. The first-order valence-corrected chi connectivity index (χ1v) is 6.73. The fourth-order valence-corrected chi connectivity index (χ4v) is 3.50. The van der Waals surface area contributed by atoms with E-state index in [0.717, 1.165) is 25.7 Å². The Hall–Kier alpha value is -0.120. The van der Waals surface area contributed by atoms with Crippen LogP contribution >= 0.6 is 0 Å². The van der Waals surface area contributed by atoms with Crippen LogP contribution in [0.25, 0.3) is 0 Å². The Balaban J connectivity index is 2.16. The van der Waals surface area contributed by atoms with Gasteiger partial charge in [0.15, 0.2) is 0 Å². The summed E-state index contributed by atoms with van der Waals surface area (Å²) in [5, 5.41) is 10.9. The first-order valence-electron chi connectivity index (χ1n) is 6.73. The summed E-state index contributed by atoms with van der Waals surface area (Å²) in [7, 11) is 0. The highest BCUT2D eigenvalue weighted by atomic mass is 16.5. The van der Waals surface area contributed by atoms with Gasteiger partial charge in [-0.2, -0.15) is 0 Å². The molecule has 1 saturated carbocycles. The van der Waals surface area contributed by atoms with Crippen molar-refractivity contribution >= 4 is 0 Å². The van der Waals surface area contributed by atoms with Gasteiger partial charge in [0.25, 0.3) is 0 Å². The van der Waals surface area contributed by atoms with Gasteiger partial charge in [0, 0.05) is 38.0 Å². The lowest BCUT2D eigenvalue weighted by molar-refractivity contribution is -0.147. The van der Waals surface area contributed by atoms with Gasteiger partial charge < -0.3 is 15.6 Å². The lowest BCUT2D eigenvalue weighted by atomic mass is 9.63. The molecule has 3 heteroatoms. The van der Waals surface area contributed by atoms with E-state index in [1.807, 2.05) is 0 Å². The van der Waals surface area contributed by atoms with Crippen molar-refractivity contribution in [3.8, 4) is 0 Å². The van der Waals surface area contributed by atoms with E-state index in [0.29, 0.717) is 19.8 Å². The monoisotopic (exact) mass is 227 g/mol. The minimum atomic E-state index is -0.565. The van der Waals surface area contributed by atoms with E-state index in [4.69, 9.17) is 10.5 Å². The van der Waals surface area contributed by atoms with E-state index >= 15 is 0 Å². The maximum Gasteiger partial charge on any atom is 0.0759 e. The molecule has 16 heavy (non-hydrogen) atoms. The molecule has 0 atom stereocenters. The van der Waals surface area contributed by atoms with E-state index in [9.17, 15) is 5.11 Å². The van der Waals surface area contributed by atoms with Crippen LogP contribution in [0, 0.1) is 5.41 Å². The first-order chi connectivity index (χ1) is 7.72. The summed E-state index contributed by atoms with van der Waals surface area (Å²) in [5.41, 5.74) is 5.42. The zero-order chi connectivity index (χ0) is 11.5. The minimum Gasteiger partial charge on any atom is -0.389 e. The molecule has 0 aromatic heterocycles. The molecule has 2 fully saturated rings. The average Bonchev–Trinajstić information content (AvgIpc) is 2.56. The largest absolute Gasteiger partial charge is 0.389 e. The lowest BCUT2D eigenvalue weighted by Gasteiger charge is -2.49. The maximum absolute atomic E-state index is 10.9. The quantitative estimate of drug-likeness (QED) is 0.708. The summed E-state index contributed by atoms with van der Waals surface area (Å²) in [4.78, 5) is 0. The van der Waals surface area contributed by atoms with E-state index in [-0.39, 0.29) is 5.41 Å². The molecule has 1 aliphatic heterocycles. The number of rotatable bonds is 2. The fraction of sp³-hybridized carbons (Fsp3) is 1.00. The smallest absolute Gasteiger partial charge is 0.0759 e. The molecule has 0 spiro atoms. The second-order valence-electron chi connectivity index (χ2n) is 5.54. The van der Waals surface area contributed by atoms with Crippen LogP contribution in [0.5, 0.6) is 0 Å². The van der Waals surface area contributed by atoms with Crippen LogP contribution in [0.4, 0.5) is 0 Å². The van der Waals surface area contributed by atoms with Gasteiger partial charge >= 0.3 is 0 Å². The van der Waals surface area contributed by atoms with Crippen molar-refractivity contribution in [3.05, 3.63) is 0 Å². The second-order valence-corrected chi connectivity index (χ2v) is 5.54. The van der Waals surface area contributed by atoms with E-state index in [1.165, 1.54) is 25.7 Å². The summed E-state index contributed by atoms with van der Waals surface area (Å²) >= 11 is 0. The fourth-order valence-electron chi connectivity index (χ4n) is 3.50. The minimum absolute atomic E-state index is 0.0344. The van der Waals surface area contributed by atoms with Gasteiger partial charge in [-0.25, -0.2) is 0 Å². The summed E-state index contributed by atoms with van der Waals surface area (Å²) in [6.45, 7) is 2.01. The van der Waals surface area contributed by atoms with Crippen LogP contribution < -0.4 is 5.73 Å². The van der Waals surface area contributed by atoms with Crippen molar-refractivity contribution in [1.82, 2.24) is 0 Å². The van der Waals surface area contributed by atoms with Crippen LogP contribution in [0.1, 0.15) is 51.4 Å². The molecule has 3 N–H and O–H groups in total. The molecule has 0 unspecified atom stereocenters. The SMILES string of the molecule is NCC1(C2(O)CCOCC2)CCCCCC1. The van der Waals surface area contributed by atoms with Crippen molar-refractivity contribution in [3.63, 3.8) is 0 Å². The molecule has 0 amide bonds. The summed E-state index contributed by atoms with van der Waals surface area (Å²) in [5.74, 6) is 0. The predicted octanol–water partition coefficient (Wildman–Crippen LogP) is 1.83. The molecular weight excluding hydrogens is 202 g/mol. The Morgan fingerprint density at radius 3 is 2.00 bits per heavy atom. The molecule has 0 aromatic rings. The number of nitrogens with two attached hydrogens (primary N) is 1. The Labute approximate surface area is 98.4 Å². The third kappa shape index (κ3) is 2.13. The lowest BCUT2D eigenvalue weighted by Crippen LogP contribution is -2.55. The topological polar surface area (TPSA) is 55.5 Å². The van der Waals surface area contributed by atoms with Gasteiger partial charge in [0.1, 0.15) is 0 Å². The van der Waals surface area contributed by atoms with E-state index < -0.39 is 5.60 Å². The molecule has 2 rings (SSSR count). The number of hydrogen-bond acceptors (Lipinski definition) is 3. The molecule has 1 heterocycles. The molecule has 3 nitrogen and oxygen atoms in total. The summed E-state index contributed by atoms with van der Waals surface area (Å²) in [6, 6.07) is 0. The van der Waals surface area contributed by atoms with Crippen molar-refractivity contribution < 1.29 is 9.84 Å². The number of ether oxygens (including phenoxy) is 1. The zero-order valence-electron chi connectivity index (χ0n) is 10.2. The van der Waals surface area contributed by atoms with Crippen LogP contribution in [-0.2, 0) is 4.74 Å². The Morgan fingerprint density at radius 2 is 1.50 bits per heavy atom. The highest BCUT2D eigenvalue weighted by Gasteiger charge is 2.49. The molecule has 1 saturated heterocycles. The van der Waals surface area contributed by atoms with Crippen molar-refractivity contribution in [2.75, 3.05) is 19.8 Å². The normalized spacial score (nSPS) is 29.6. The van der Waals surface area contributed by atoms with E-state index in [1.54, 1.807) is 0 Å². The first kappa shape index (κ1) is 12.3. The maximum atomic E-state index is 10.9. The Bertz CT molecular complexity index is 216. The summed E-state index contributed by atoms with van der Waals surface area (Å²) in [6.07, 6.45) is 8.78. The van der Waals surface area contributed by atoms with Gasteiger partial charge in [-0.1, -0.05) is 25.7 Å². The molecule has 0 aromatic carbocycles. The Morgan fingerprint density at radius 1 is 0.938 bits per heavy atom. The van der Waals surface area contributed by atoms with Gasteiger partial charge in [-0.15, -0.1) is 0 Å². The molecule has 2 aliphatic rings. The van der Waals surface area contributed by atoms with Gasteiger partial charge in [-0.3, -0.25) is 0 Å². The van der Waals surface area contributed by atoms with Gasteiger partial charge in [0.05, 0.1) is 5.60 Å². The van der Waals surface area contributed by atoms with Crippen LogP contribution in [0.3, 0.4) is 0 Å². The van der Waals surface area contributed by atoms with Crippen LogP contribution in [-0.4, -0.2) is 30.5 Å². The predicted molar refractivity (Wildman–Crippen MR) is 64.2 cm³/mol. The van der Waals surface area contributed by atoms with Gasteiger partial charge in [0.2, 0.25) is 0 Å². The van der Waals surface area contributed by atoms with Crippen LogP contribution in [0.15, 0.2) is 0 Å². The van der Waals surface area contributed by atoms with Gasteiger partial charge in [-0.05, 0) is 12.8 Å². The highest BCUT2D eigenvalue weighted by Crippen LogP contribution is 2.47. The number of aliphatic hydroxyl groups is 1. The standard InChI is InChI=1S/C13H25NO2/c14-11-12(5-3-1-2-4-6-12)13(15)7-9-16-10-8-13/h15H,1-11,14H2. The molecule has 0 radical (unpaired) electrons. The average molecular weight is 227 g/mol. The number of hydrogen-bond donors (Lipinski definition) is 2. The molecule has 0 bridgehead atoms. The molecule has 1 aliphatic carbocycles. The zero-order valence-corrected chi connectivity index (χ0v) is 10.2. The summed E-state index contributed by atoms with van der Waals surface area (Å²) < 4.78 is 5.38. The van der Waals surface area contributed by atoms with Crippen molar-refractivity contribution in [2.24, 2.45) is 11.1 Å².